The molecule has 0 unspecified atom stereocenters. The number of nitrogens with one attached hydrogen (secondary N) is 1. The third kappa shape index (κ3) is 3.77. The standard InChI is InChI=1S/C14H20N2O6S2/c1-2-9-15-23(19,20)11-5-7-12(8-6-11)24(21,22)16-10-3-4-13(16)14(17)18/h5-8,13,15H,2-4,9-10H2,1H3,(H,17,18)/t13-/m0/s1. The van der Waals surface area contributed by atoms with Crippen LogP contribution in [-0.4, -0.2) is 51.3 Å². The van der Waals surface area contributed by atoms with Gasteiger partial charge in [0.2, 0.25) is 20.0 Å². The number of sulfonamides is 2. The Morgan fingerprint density at radius 3 is 2.33 bits per heavy atom. The molecule has 0 aliphatic carbocycles. The van der Waals surface area contributed by atoms with E-state index in [1.807, 2.05) is 6.92 Å². The monoisotopic (exact) mass is 376 g/mol. The second kappa shape index (κ2) is 7.18. The van der Waals surface area contributed by atoms with Crippen molar-refractivity contribution in [3.05, 3.63) is 24.3 Å². The number of hydrogen-bond donors (Lipinski definition) is 2. The van der Waals surface area contributed by atoms with Crippen molar-refractivity contribution >= 4 is 26.0 Å². The first-order chi connectivity index (χ1) is 11.2. The van der Waals surface area contributed by atoms with Crippen LogP contribution in [0.25, 0.3) is 0 Å². The smallest absolute Gasteiger partial charge is 0.322 e. The lowest BCUT2D eigenvalue weighted by molar-refractivity contribution is -0.140. The predicted molar refractivity (Wildman–Crippen MR) is 86.5 cm³/mol. The summed E-state index contributed by atoms with van der Waals surface area (Å²) in [4.78, 5) is 11.0. The number of rotatable bonds is 7. The minimum Gasteiger partial charge on any atom is -0.480 e. The van der Waals surface area contributed by atoms with E-state index in [1.165, 1.54) is 24.3 Å². The largest absolute Gasteiger partial charge is 0.480 e. The Morgan fingerprint density at radius 2 is 1.79 bits per heavy atom. The number of hydrogen-bond acceptors (Lipinski definition) is 5. The minimum absolute atomic E-state index is 0.0360. The van der Waals surface area contributed by atoms with E-state index >= 15 is 0 Å². The highest BCUT2D eigenvalue weighted by atomic mass is 32.2. The Labute approximate surface area is 141 Å². The summed E-state index contributed by atoms with van der Waals surface area (Å²) < 4.78 is 52.5. The number of aliphatic carboxylic acids is 1. The van der Waals surface area contributed by atoms with E-state index in [1.54, 1.807) is 0 Å². The van der Waals surface area contributed by atoms with Gasteiger partial charge in [0, 0.05) is 13.1 Å². The molecule has 2 rings (SSSR count). The molecule has 0 radical (unpaired) electrons. The van der Waals surface area contributed by atoms with Crippen LogP contribution in [-0.2, 0) is 24.8 Å². The maximum Gasteiger partial charge on any atom is 0.322 e. The van der Waals surface area contributed by atoms with Crippen LogP contribution in [0.2, 0.25) is 0 Å². The first-order valence-corrected chi connectivity index (χ1v) is 10.5. The molecule has 2 N–H and O–H groups in total. The number of carbonyl (C=O) groups is 1. The number of carboxylic acid groups (broad SMARTS) is 1. The Morgan fingerprint density at radius 1 is 1.21 bits per heavy atom. The van der Waals surface area contributed by atoms with Crippen LogP contribution >= 0.6 is 0 Å². The van der Waals surface area contributed by atoms with E-state index in [0.717, 1.165) is 4.31 Å². The predicted octanol–water partition coefficient (Wildman–Crippen LogP) is 0.613. The van der Waals surface area contributed by atoms with Crippen LogP contribution in [0, 0.1) is 0 Å². The molecule has 1 aliphatic rings. The molecule has 1 atom stereocenters. The summed E-state index contributed by atoms with van der Waals surface area (Å²) in [5, 5.41) is 9.13. The van der Waals surface area contributed by atoms with Gasteiger partial charge in [0.25, 0.3) is 0 Å². The second-order valence-electron chi connectivity index (χ2n) is 5.48. The molecule has 1 saturated heterocycles. The van der Waals surface area contributed by atoms with Gasteiger partial charge in [-0.2, -0.15) is 4.31 Å². The highest BCUT2D eigenvalue weighted by Gasteiger charge is 2.39. The zero-order valence-electron chi connectivity index (χ0n) is 13.2. The van der Waals surface area contributed by atoms with Crippen molar-refractivity contribution in [2.45, 2.75) is 42.0 Å². The van der Waals surface area contributed by atoms with Gasteiger partial charge < -0.3 is 5.11 Å². The molecule has 24 heavy (non-hydrogen) atoms. The molecular weight excluding hydrogens is 356 g/mol. The summed E-state index contributed by atoms with van der Waals surface area (Å²) in [7, 11) is -7.66. The number of carboxylic acids is 1. The Hall–Kier alpha value is -1.49. The van der Waals surface area contributed by atoms with Crippen molar-refractivity contribution < 1.29 is 26.7 Å². The van der Waals surface area contributed by atoms with Crippen LogP contribution in [0.4, 0.5) is 0 Å². The van der Waals surface area contributed by atoms with E-state index in [4.69, 9.17) is 5.11 Å². The van der Waals surface area contributed by atoms with Crippen LogP contribution in [0.3, 0.4) is 0 Å². The maximum atomic E-state index is 12.6. The molecule has 134 valence electrons. The second-order valence-corrected chi connectivity index (χ2v) is 9.14. The normalized spacial score (nSPS) is 19.5. The molecule has 0 amide bonds. The van der Waals surface area contributed by atoms with E-state index in [9.17, 15) is 21.6 Å². The van der Waals surface area contributed by atoms with Gasteiger partial charge >= 0.3 is 5.97 Å². The first kappa shape index (κ1) is 18.8. The minimum atomic E-state index is -3.97. The summed E-state index contributed by atoms with van der Waals surface area (Å²) in [6.07, 6.45) is 1.38. The van der Waals surface area contributed by atoms with E-state index in [2.05, 4.69) is 4.72 Å². The Kier molecular flexibility index (Phi) is 5.63. The summed E-state index contributed by atoms with van der Waals surface area (Å²) in [6.45, 7) is 2.25. The molecule has 0 saturated carbocycles. The van der Waals surface area contributed by atoms with E-state index in [0.29, 0.717) is 12.8 Å². The van der Waals surface area contributed by atoms with Gasteiger partial charge in [-0.15, -0.1) is 0 Å². The zero-order valence-corrected chi connectivity index (χ0v) is 14.8. The lowest BCUT2D eigenvalue weighted by atomic mass is 10.2. The zero-order chi connectivity index (χ0) is 18.0. The van der Waals surface area contributed by atoms with Crippen LogP contribution < -0.4 is 4.72 Å². The molecule has 10 heteroatoms. The number of benzene rings is 1. The van der Waals surface area contributed by atoms with E-state index in [-0.39, 0.29) is 29.3 Å². The van der Waals surface area contributed by atoms with Crippen LogP contribution in [0.1, 0.15) is 26.2 Å². The Bertz CT molecular complexity index is 802. The van der Waals surface area contributed by atoms with Gasteiger partial charge in [-0.05, 0) is 43.5 Å². The average Bonchev–Trinajstić information content (AvgIpc) is 3.04. The highest BCUT2D eigenvalue weighted by Crippen LogP contribution is 2.26. The molecule has 0 aromatic heterocycles. The molecule has 1 fully saturated rings. The SMILES string of the molecule is CCCNS(=O)(=O)c1ccc(S(=O)(=O)N2CCC[C@H]2C(=O)O)cc1. The van der Waals surface area contributed by atoms with Crippen molar-refractivity contribution in [2.24, 2.45) is 0 Å². The third-order valence-corrected chi connectivity index (χ3v) is 7.17. The number of nitrogens with zero attached hydrogens (tertiary/aromatic N) is 1. The summed E-state index contributed by atoms with van der Waals surface area (Å²) in [5.41, 5.74) is 0. The van der Waals surface area contributed by atoms with Crippen molar-refractivity contribution in [1.82, 2.24) is 9.03 Å². The van der Waals surface area contributed by atoms with Gasteiger partial charge in [-0.3, -0.25) is 4.79 Å². The molecule has 0 spiro atoms. The summed E-state index contributed by atoms with van der Waals surface area (Å²) in [6, 6.07) is 3.71. The van der Waals surface area contributed by atoms with Crippen molar-refractivity contribution in [1.29, 1.82) is 0 Å². The van der Waals surface area contributed by atoms with Crippen molar-refractivity contribution in [3.63, 3.8) is 0 Å². The van der Waals surface area contributed by atoms with Gasteiger partial charge in [-0.25, -0.2) is 21.6 Å². The van der Waals surface area contributed by atoms with Crippen molar-refractivity contribution in [2.75, 3.05) is 13.1 Å². The molecule has 1 heterocycles. The van der Waals surface area contributed by atoms with Gasteiger partial charge in [-0.1, -0.05) is 6.92 Å². The van der Waals surface area contributed by atoms with Gasteiger partial charge in [0.15, 0.2) is 0 Å². The third-order valence-electron chi connectivity index (χ3n) is 3.77. The van der Waals surface area contributed by atoms with Crippen molar-refractivity contribution in [3.8, 4) is 0 Å². The highest BCUT2D eigenvalue weighted by molar-refractivity contribution is 7.89. The molecule has 1 aliphatic heterocycles. The summed E-state index contributed by atoms with van der Waals surface area (Å²) >= 11 is 0. The van der Waals surface area contributed by atoms with Crippen LogP contribution in [0.5, 0.6) is 0 Å². The maximum absolute atomic E-state index is 12.6. The fourth-order valence-corrected chi connectivity index (χ4v) is 5.31. The van der Waals surface area contributed by atoms with Crippen LogP contribution in [0.15, 0.2) is 34.1 Å². The lowest BCUT2D eigenvalue weighted by Crippen LogP contribution is -2.40. The van der Waals surface area contributed by atoms with Gasteiger partial charge in [0.05, 0.1) is 9.79 Å². The Balaban J connectivity index is 2.28. The average molecular weight is 376 g/mol. The molecular formula is C14H20N2O6S2. The molecule has 1 aromatic carbocycles. The molecule has 0 bridgehead atoms. The summed E-state index contributed by atoms with van der Waals surface area (Å²) in [5.74, 6) is -1.18. The first-order valence-electron chi connectivity index (χ1n) is 7.54. The fourth-order valence-electron chi connectivity index (χ4n) is 2.52. The topological polar surface area (TPSA) is 121 Å². The lowest BCUT2D eigenvalue weighted by Gasteiger charge is -2.21. The fraction of sp³-hybridized carbons (Fsp3) is 0.500. The van der Waals surface area contributed by atoms with E-state index < -0.39 is 32.1 Å². The van der Waals surface area contributed by atoms with Gasteiger partial charge in [0.1, 0.15) is 6.04 Å². The quantitative estimate of drug-likeness (QED) is 0.719. The molecule has 8 nitrogen and oxygen atoms in total. The molecule has 1 aromatic rings.